The van der Waals surface area contributed by atoms with Crippen LogP contribution in [0, 0.1) is 0 Å². The summed E-state index contributed by atoms with van der Waals surface area (Å²) >= 11 is 5.82. The van der Waals surface area contributed by atoms with Gasteiger partial charge in [-0.3, -0.25) is 4.79 Å². The molecular formula is C18H15ClN4O2. The van der Waals surface area contributed by atoms with Crippen LogP contribution in [0.15, 0.2) is 65.6 Å². The molecule has 2 aromatic carbocycles. The number of hydrogen-bond donors (Lipinski definition) is 1. The lowest BCUT2D eigenvalue weighted by Gasteiger charge is -2.13. The average molecular weight is 355 g/mol. The van der Waals surface area contributed by atoms with E-state index >= 15 is 0 Å². The Morgan fingerprint density at radius 2 is 1.80 bits per heavy atom. The molecular weight excluding hydrogens is 340 g/mol. The second-order valence-electron chi connectivity index (χ2n) is 5.41. The van der Waals surface area contributed by atoms with E-state index in [1.54, 1.807) is 31.2 Å². The molecule has 0 bridgehead atoms. The van der Waals surface area contributed by atoms with Crippen molar-refractivity contribution < 1.29 is 4.79 Å². The molecule has 25 heavy (non-hydrogen) atoms. The fourth-order valence-electron chi connectivity index (χ4n) is 2.25. The van der Waals surface area contributed by atoms with Crippen LogP contribution < -0.4 is 11.0 Å². The van der Waals surface area contributed by atoms with Gasteiger partial charge in [0.25, 0.3) is 0 Å². The van der Waals surface area contributed by atoms with Gasteiger partial charge in [-0.1, -0.05) is 41.9 Å². The van der Waals surface area contributed by atoms with Crippen LogP contribution in [0.4, 0.5) is 5.69 Å². The summed E-state index contributed by atoms with van der Waals surface area (Å²) in [6.07, 6.45) is 1.48. The van der Waals surface area contributed by atoms with E-state index < -0.39 is 11.7 Å². The van der Waals surface area contributed by atoms with Crippen molar-refractivity contribution in [2.45, 2.75) is 13.0 Å². The maximum Gasteiger partial charge on any atom is 0.365 e. The third-order valence-corrected chi connectivity index (χ3v) is 3.90. The van der Waals surface area contributed by atoms with Crippen LogP contribution in [-0.4, -0.2) is 20.7 Å². The van der Waals surface area contributed by atoms with Crippen LogP contribution in [-0.2, 0) is 4.79 Å². The van der Waals surface area contributed by atoms with E-state index in [0.29, 0.717) is 16.4 Å². The van der Waals surface area contributed by atoms with Crippen LogP contribution in [0.2, 0.25) is 5.02 Å². The van der Waals surface area contributed by atoms with Crippen molar-refractivity contribution in [3.05, 3.63) is 76.3 Å². The molecule has 0 aliphatic carbocycles. The molecule has 1 amide bonds. The number of benzene rings is 2. The molecule has 0 aliphatic rings. The zero-order chi connectivity index (χ0) is 17.8. The number of halogens is 1. The summed E-state index contributed by atoms with van der Waals surface area (Å²) in [5.41, 5.74) is 1.26. The number of amides is 1. The van der Waals surface area contributed by atoms with Gasteiger partial charge in [-0.15, -0.1) is 0 Å². The van der Waals surface area contributed by atoms with Gasteiger partial charge in [-0.05, 0) is 31.2 Å². The smallest absolute Gasteiger partial charge is 0.324 e. The summed E-state index contributed by atoms with van der Waals surface area (Å²) in [6.45, 7) is 1.59. The molecule has 0 radical (unpaired) electrons. The normalized spacial score (nSPS) is 11.8. The molecule has 1 heterocycles. The first-order chi connectivity index (χ1) is 12.0. The number of nitrogens with zero attached hydrogens (tertiary/aromatic N) is 3. The van der Waals surface area contributed by atoms with Gasteiger partial charge < -0.3 is 5.32 Å². The van der Waals surface area contributed by atoms with Gasteiger partial charge in [0.2, 0.25) is 5.91 Å². The number of carbonyl (C=O) groups is 1. The Labute approximate surface area is 149 Å². The lowest BCUT2D eigenvalue weighted by Crippen LogP contribution is -2.34. The molecule has 1 atom stereocenters. The van der Waals surface area contributed by atoms with Crippen molar-refractivity contribution in [1.29, 1.82) is 0 Å². The minimum Gasteiger partial charge on any atom is -0.324 e. The first kappa shape index (κ1) is 16.9. The summed E-state index contributed by atoms with van der Waals surface area (Å²) < 4.78 is 1.05. The molecule has 3 rings (SSSR count). The van der Waals surface area contributed by atoms with Gasteiger partial charge in [-0.25, -0.2) is 9.48 Å². The lowest BCUT2D eigenvalue weighted by atomic mass is 10.2. The van der Waals surface area contributed by atoms with Gasteiger partial charge in [0.05, 0.1) is 11.9 Å². The molecule has 0 saturated carbocycles. The molecule has 126 valence electrons. The van der Waals surface area contributed by atoms with Crippen LogP contribution in [0.3, 0.4) is 0 Å². The van der Waals surface area contributed by atoms with Crippen molar-refractivity contribution in [2.75, 3.05) is 5.32 Å². The first-order valence-corrected chi connectivity index (χ1v) is 8.00. The molecule has 1 N–H and O–H groups in total. The Hall–Kier alpha value is -2.99. The van der Waals surface area contributed by atoms with E-state index in [4.69, 9.17) is 11.6 Å². The van der Waals surface area contributed by atoms with Crippen LogP contribution >= 0.6 is 11.6 Å². The largest absolute Gasteiger partial charge is 0.365 e. The molecule has 0 fully saturated rings. The average Bonchev–Trinajstić information content (AvgIpc) is 2.63. The molecule has 0 saturated heterocycles. The highest BCUT2D eigenvalue weighted by Gasteiger charge is 2.18. The second-order valence-corrected chi connectivity index (χ2v) is 5.84. The minimum atomic E-state index is -0.805. The zero-order valence-corrected chi connectivity index (χ0v) is 14.1. The summed E-state index contributed by atoms with van der Waals surface area (Å²) in [7, 11) is 0. The summed E-state index contributed by atoms with van der Waals surface area (Å²) in [4.78, 5) is 28.6. The fraction of sp³-hybridized carbons (Fsp3) is 0.111. The Bertz CT molecular complexity index is 939. The topological polar surface area (TPSA) is 76.9 Å². The Morgan fingerprint density at radius 3 is 2.44 bits per heavy atom. The fourth-order valence-corrected chi connectivity index (χ4v) is 2.38. The maximum absolute atomic E-state index is 12.3. The monoisotopic (exact) mass is 354 g/mol. The molecule has 3 aromatic rings. The third-order valence-electron chi connectivity index (χ3n) is 3.64. The molecule has 0 unspecified atom stereocenters. The van der Waals surface area contributed by atoms with Crippen LogP contribution in [0.25, 0.3) is 11.3 Å². The van der Waals surface area contributed by atoms with Crippen molar-refractivity contribution in [2.24, 2.45) is 0 Å². The van der Waals surface area contributed by atoms with E-state index in [2.05, 4.69) is 15.4 Å². The van der Waals surface area contributed by atoms with Crippen molar-refractivity contribution in [1.82, 2.24) is 14.8 Å². The SMILES string of the molecule is C[C@H](C(=O)Nc1ccc(Cl)cc1)n1ncc(-c2ccccc2)nc1=O. The number of hydrogen-bond acceptors (Lipinski definition) is 4. The van der Waals surface area contributed by atoms with Gasteiger partial charge in [0, 0.05) is 16.3 Å². The van der Waals surface area contributed by atoms with Gasteiger partial charge >= 0.3 is 5.69 Å². The van der Waals surface area contributed by atoms with Crippen molar-refractivity contribution >= 4 is 23.2 Å². The molecule has 7 heteroatoms. The number of anilines is 1. The predicted octanol–water partition coefficient (Wildman–Crippen LogP) is 3.16. The van der Waals surface area contributed by atoms with E-state index in [-0.39, 0.29) is 5.91 Å². The van der Waals surface area contributed by atoms with E-state index in [1.165, 1.54) is 6.20 Å². The number of aromatic nitrogens is 3. The predicted molar refractivity (Wildman–Crippen MR) is 96.5 cm³/mol. The number of rotatable bonds is 4. The van der Waals surface area contributed by atoms with E-state index in [1.807, 2.05) is 30.3 Å². The molecule has 0 aliphatic heterocycles. The molecule has 1 aromatic heterocycles. The van der Waals surface area contributed by atoms with Gasteiger partial charge in [0.15, 0.2) is 0 Å². The van der Waals surface area contributed by atoms with Gasteiger partial charge in [0.1, 0.15) is 6.04 Å². The highest BCUT2D eigenvalue weighted by Crippen LogP contribution is 2.16. The van der Waals surface area contributed by atoms with Gasteiger partial charge in [-0.2, -0.15) is 10.1 Å². The Kier molecular flexibility index (Phi) is 4.90. The number of nitrogens with one attached hydrogen (secondary N) is 1. The summed E-state index contributed by atoms with van der Waals surface area (Å²) in [5.74, 6) is -0.369. The Morgan fingerprint density at radius 1 is 1.12 bits per heavy atom. The highest BCUT2D eigenvalue weighted by molar-refractivity contribution is 6.30. The molecule has 6 nitrogen and oxygen atoms in total. The second kappa shape index (κ2) is 7.27. The highest BCUT2D eigenvalue weighted by atomic mass is 35.5. The van der Waals surface area contributed by atoms with E-state index in [0.717, 1.165) is 10.2 Å². The van der Waals surface area contributed by atoms with Crippen molar-refractivity contribution in [3.8, 4) is 11.3 Å². The van der Waals surface area contributed by atoms with E-state index in [9.17, 15) is 9.59 Å². The number of carbonyl (C=O) groups excluding carboxylic acids is 1. The molecule has 0 spiro atoms. The van der Waals surface area contributed by atoms with Crippen molar-refractivity contribution in [3.63, 3.8) is 0 Å². The Balaban J connectivity index is 1.80. The van der Waals surface area contributed by atoms with Crippen LogP contribution in [0.5, 0.6) is 0 Å². The minimum absolute atomic E-state index is 0.369. The van der Waals surface area contributed by atoms with Crippen LogP contribution in [0.1, 0.15) is 13.0 Å². The first-order valence-electron chi connectivity index (χ1n) is 7.62. The summed E-state index contributed by atoms with van der Waals surface area (Å²) in [6, 6.07) is 15.1. The lowest BCUT2D eigenvalue weighted by molar-refractivity contribution is -0.119. The summed E-state index contributed by atoms with van der Waals surface area (Å²) in [5, 5.41) is 7.38. The standard InChI is InChI=1S/C18H15ClN4O2/c1-12(17(24)21-15-9-7-14(19)8-10-15)23-18(25)22-16(11-20-23)13-5-3-2-4-6-13/h2-12H,1H3,(H,21,24)/t12-/m1/s1. The third kappa shape index (κ3) is 3.92. The zero-order valence-electron chi connectivity index (χ0n) is 13.4. The maximum atomic E-state index is 12.3. The quantitative estimate of drug-likeness (QED) is 0.780.